The van der Waals surface area contributed by atoms with E-state index in [1.54, 1.807) is 0 Å². The van der Waals surface area contributed by atoms with Gasteiger partial charge >= 0.3 is 5.97 Å². The molecule has 1 N–H and O–H groups in total. The number of carbonyl (C=O) groups is 3. The molecule has 4 aliphatic carbocycles. The molecule has 0 radical (unpaired) electrons. The quantitative estimate of drug-likeness (QED) is 0.545. The summed E-state index contributed by atoms with van der Waals surface area (Å²) in [6, 6.07) is 0. The number of Topliss-reactive ketones (excluding diaryl/α,β-unsaturated/α-hetero) is 2. The first kappa shape index (κ1) is 18.5. The molecule has 0 aromatic heterocycles. The SMILES string of the molecule is C=C1[C@H]2CC[C@H]3[C@@](C2)(C(=O)[C@H](O)[C@H]2C(C)(C)[C@@H]4CC(=O)[C@]32CO4)[C@H]1OC(C)=O. The first-order valence-corrected chi connectivity index (χ1v) is 10.3. The molecule has 2 aliphatic heterocycles. The van der Waals surface area contributed by atoms with Crippen LogP contribution < -0.4 is 0 Å². The van der Waals surface area contributed by atoms with Crippen LogP contribution in [0.4, 0.5) is 0 Å². The monoisotopic (exact) mass is 388 g/mol. The Hall–Kier alpha value is -1.53. The molecule has 2 heterocycles. The number of rotatable bonds is 1. The highest BCUT2D eigenvalue weighted by Crippen LogP contribution is 2.72. The van der Waals surface area contributed by atoms with Crippen LogP contribution in [0.15, 0.2) is 12.2 Å². The van der Waals surface area contributed by atoms with Gasteiger partial charge in [-0.3, -0.25) is 14.4 Å². The second kappa shape index (κ2) is 5.33. The van der Waals surface area contributed by atoms with Gasteiger partial charge in [-0.15, -0.1) is 0 Å². The number of carbonyl (C=O) groups excluding carboxylic acids is 3. The molecule has 152 valence electrons. The van der Waals surface area contributed by atoms with Crippen LogP contribution in [-0.4, -0.2) is 47.6 Å². The molecule has 4 bridgehead atoms. The van der Waals surface area contributed by atoms with E-state index >= 15 is 0 Å². The van der Waals surface area contributed by atoms with Gasteiger partial charge in [0.2, 0.25) is 0 Å². The van der Waals surface area contributed by atoms with Crippen molar-refractivity contribution in [2.45, 2.75) is 64.8 Å². The van der Waals surface area contributed by atoms with Crippen molar-refractivity contribution in [3.8, 4) is 0 Å². The summed E-state index contributed by atoms with van der Waals surface area (Å²) in [7, 11) is 0. The lowest BCUT2D eigenvalue weighted by Gasteiger charge is -2.68. The smallest absolute Gasteiger partial charge is 0.303 e. The van der Waals surface area contributed by atoms with Crippen LogP contribution in [0.2, 0.25) is 0 Å². The van der Waals surface area contributed by atoms with Crippen molar-refractivity contribution < 1.29 is 29.0 Å². The third kappa shape index (κ3) is 1.80. The summed E-state index contributed by atoms with van der Waals surface area (Å²) in [6.07, 6.45) is 0.0162. The number of ether oxygens (including phenoxy) is 2. The van der Waals surface area contributed by atoms with Crippen LogP contribution in [0.5, 0.6) is 0 Å². The first-order valence-electron chi connectivity index (χ1n) is 10.3. The zero-order chi connectivity index (χ0) is 20.2. The van der Waals surface area contributed by atoms with E-state index in [2.05, 4.69) is 6.58 Å². The van der Waals surface area contributed by atoms with Crippen LogP contribution >= 0.6 is 0 Å². The standard InChI is InChI=1S/C22H28O6/c1-10-12-5-6-13-21(8-12,19(10)28-11(2)23)18(26)16(25)17-20(3,4)15-7-14(24)22(13,17)9-27-15/h12-13,15-17,19,25H,1,5-9H2,2-4H3/t12-,13-,15-,16+,17-,19-,21-,22-/m0/s1. The van der Waals surface area contributed by atoms with E-state index in [9.17, 15) is 19.5 Å². The van der Waals surface area contributed by atoms with Crippen LogP contribution in [0, 0.1) is 34.0 Å². The molecule has 6 nitrogen and oxygen atoms in total. The number of aliphatic hydroxyl groups is 1. The Morgan fingerprint density at radius 2 is 1.96 bits per heavy atom. The van der Waals surface area contributed by atoms with E-state index < -0.39 is 40.3 Å². The predicted molar refractivity (Wildman–Crippen MR) is 98.0 cm³/mol. The van der Waals surface area contributed by atoms with Gasteiger partial charge in [0.25, 0.3) is 0 Å². The van der Waals surface area contributed by atoms with Gasteiger partial charge in [-0.25, -0.2) is 0 Å². The summed E-state index contributed by atoms with van der Waals surface area (Å²) in [6.45, 7) is 9.73. The van der Waals surface area contributed by atoms with E-state index in [1.807, 2.05) is 13.8 Å². The molecule has 0 aromatic rings. The molecule has 8 atom stereocenters. The Labute approximate surface area is 164 Å². The van der Waals surface area contributed by atoms with E-state index in [-0.39, 0.29) is 36.1 Å². The van der Waals surface area contributed by atoms with Crippen molar-refractivity contribution in [3.63, 3.8) is 0 Å². The van der Waals surface area contributed by atoms with Gasteiger partial charge in [0.1, 0.15) is 18.0 Å². The molecule has 6 fully saturated rings. The molecular formula is C22H28O6. The maximum Gasteiger partial charge on any atom is 0.303 e. The van der Waals surface area contributed by atoms with Crippen molar-refractivity contribution in [2.75, 3.05) is 6.61 Å². The summed E-state index contributed by atoms with van der Waals surface area (Å²) >= 11 is 0. The number of ketones is 2. The molecule has 2 saturated heterocycles. The Morgan fingerprint density at radius 3 is 2.61 bits per heavy atom. The van der Waals surface area contributed by atoms with Crippen LogP contribution in [0.3, 0.4) is 0 Å². The number of fused-ring (bicyclic) bond motifs is 3. The molecule has 2 spiro atoms. The van der Waals surface area contributed by atoms with Gasteiger partial charge in [-0.05, 0) is 42.1 Å². The number of hydrogen-bond donors (Lipinski definition) is 1. The zero-order valence-corrected chi connectivity index (χ0v) is 16.7. The van der Waals surface area contributed by atoms with Crippen molar-refractivity contribution in [3.05, 3.63) is 12.2 Å². The number of esters is 1. The molecular weight excluding hydrogens is 360 g/mol. The number of aliphatic hydroxyl groups excluding tert-OH is 1. The predicted octanol–water partition coefficient (Wildman–Crippen LogP) is 1.83. The summed E-state index contributed by atoms with van der Waals surface area (Å²) in [5.74, 6) is -1.32. The highest BCUT2D eigenvalue weighted by Gasteiger charge is 2.79. The zero-order valence-electron chi connectivity index (χ0n) is 16.7. The third-order valence-electron chi connectivity index (χ3n) is 8.89. The fraction of sp³-hybridized carbons (Fsp3) is 0.773. The van der Waals surface area contributed by atoms with E-state index in [1.165, 1.54) is 6.92 Å². The largest absolute Gasteiger partial charge is 0.457 e. The van der Waals surface area contributed by atoms with Gasteiger partial charge < -0.3 is 14.6 Å². The molecule has 4 saturated carbocycles. The highest BCUT2D eigenvalue weighted by molar-refractivity contribution is 5.98. The second-order valence-corrected chi connectivity index (χ2v) is 10.2. The van der Waals surface area contributed by atoms with Gasteiger partial charge in [0.15, 0.2) is 5.78 Å². The fourth-order valence-electron chi connectivity index (χ4n) is 7.86. The van der Waals surface area contributed by atoms with E-state index in [0.29, 0.717) is 19.3 Å². The van der Waals surface area contributed by atoms with Crippen molar-refractivity contribution >= 4 is 17.5 Å². The summed E-state index contributed by atoms with van der Waals surface area (Å²) < 4.78 is 11.8. The van der Waals surface area contributed by atoms with Crippen molar-refractivity contribution in [1.29, 1.82) is 0 Å². The van der Waals surface area contributed by atoms with E-state index in [0.717, 1.165) is 12.0 Å². The lowest BCUT2D eigenvalue weighted by atomic mass is 9.37. The molecule has 6 heteroatoms. The third-order valence-corrected chi connectivity index (χ3v) is 8.89. The average molecular weight is 388 g/mol. The molecule has 6 rings (SSSR count). The van der Waals surface area contributed by atoms with Gasteiger partial charge in [0, 0.05) is 19.3 Å². The van der Waals surface area contributed by atoms with Crippen LogP contribution in [0.1, 0.15) is 46.5 Å². The van der Waals surface area contributed by atoms with Gasteiger partial charge in [0.05, 0.1) is 23.5 Å². The average Bonchev–Trinajstić information content (AvgIpc) is 2.82. The van der Waals surface area contributed by atoms with Crippen LogP contribution in [0.25, 0.3) is 0 Å². The molecule has 0 amide bonds. The summed E-state index contributed by atoms with van der Waals surface area (Å²) in [5, 5.41) is 11.3. The van der Waals surface area contributed by atoms with Crippen LogP contribution in [-0.2, 0) is 23.9 Å². The van der Waals surface area contributed by atoms with Crippen molar-refractivity contribution in [1.82, 2.24) is 0 Å². The Morgan fingerprint density at radius 1 is 1.25 bits per heavy atom. The Balaban J connectivity index is 1.73. The van der Waals surface area contributed by atoms with Gasteiger partial charge in [-0.1, -0.05) is 20.4 Å². The van der Waals surface area contributed by atoms with Crippen molar-refractivity contribution in [2.24, 2.45) is 34.0 Å². The Kier molecular flexibility index (Phi) is 3.52. The summed E-state index contributed by atoms with van der Waals surface area (Å²) in [5.41, 5.74) is -1.70. The molecule has 6 aliphatic rings. The minimum Gasteiger partial charge on any atom is -0.457 e. The first-order chi connectivity index (χ1) is 13.1. The summed E-state index contributed by atoms with van der Waals surface area (Å²) in [4.78, 5) is 39.1. The molecule has 0 aromatic carbocycles. The topological polar surface area (TPSA) is 89.9 Å². The molecule has 28 heavy (non-hydrogen) atoms. The van der Waals surface area contributed by atoms with E-state index in [4.69, 9.17) is 9.47 Å². The minimum absolute atomic E-state index is 0.0775. The molecule has 0 unspecified atom stereocenters. The second-order valence-electron chi connectivity index (χ2n) is 10.2. The Bertz CT molecular complexity index is 814. The minimum atomic E-state index is -1.26. The lowest BCUT2D eigenvalue weighted by Crippen LogP contribution is -2.77. The highest BCUT2D eigenvalue weighted by atomic mass is 16.5. The maximum atomic E-state index is 13.8. The normalized spacial score (nSPS) is 50.9. The lowest BCUT2D eigenvalue weighted by molar-refractivity contribution is -0.275. The number of hydrogen-bond acceptors (Lipinski definition) is 6. The maximum absolute atomic E-state index is 13.8. The fourth-order valence-corrected chi connectivity index (χ4v) is 7.86. The van der Waals surface area contributed by atoms with Gasteiger partial charge in [-0.2, -0.15) is 0 Å².